The molecule has 0 unspecified atom stereocenters. The van der Waals surface area contributed by atoms with Crippen LogP contribution in [0.25, 0.3) is 0 Å². The molecule has 0 bridgehead atoms. The van der Waals surface area contributed by atoms with Gasteiger partial charge in [0.15, 0.2) is 0 Å². The van der Waals surface area contributed by atoms with Crippen molar-refractivity contribution < 1.29 is 0 Å². The molecule has 0 atom stereocenters. The van der Waals surface area contributed by atoms with Crippen LogP contribution >= 0.6 is 0 Å². The Kier molecular flexibility index (Phi) is 3.05. The van der Waals surface area contributed by atoms with Crippen molar-refractivity contribution in [2.75, 3.05) is 17.6 Å². The molecule has 0 aliphatic heterocycles. The molecular weight excluding hydrogens is 202 g/mol. The van der Waals surface area contributed by atoms with Gasteiger partial charge >= 0.3 is 0 Å². The van der Waals surface area contributed by atoms with Gasteiger partial charge in [0.2, 0.25) is 0 Å². The molecule has 84 valence electrons. The van der Waals surface area contributed by atoms with Gasteiger partial charge in [-0.15, -0.1) is 0 Å². The van der Waals surface area contributed by atoms with Crippen LogP contribution in [0.4, 0.5) is 11.5 Å². The van der Waals surface area contributed by atoms with E-state index in [0.717, 1.165) is 18.8 Å². The Morgan fingerprint density at radius 3 is 3.06 bits per heavy atom. The van der Waals surface area contributed by atoms with Crippen molar-refractivity contribution in [1.29, 1.82) is 0 Å². The molecule has 2 aromatic heterocycles. The van der Waals surface area contributed by atoms with Gasteiger partial charge in [-0.1, -0.05) is 0 Å². The van der Waals surface area contributed by atoms with Crippen molar-refractivity contribution >= 4 is 11.5 Å². The van der Waals surface area contributed by atoms with Gasteiger partial charge in [-0.25, -0.2) is 4.98 Å². The van der Waals surface area contributed by atoms with Crippen molar-refractivity contribution in [3.8, 4) is 0 Å². The second kappa shape index (κ2) is 4.65. The fourth-order valence-corrected chi connectivity index (χ4v) is 1.46. The lowest BCUT2D eigenvalue weighted by Crippen LogP contribution is -2.12. The van der Waals surface area contributed by atoms with Crippen molar-refractivity contribution in [3.05, 3.63) is 36.3 Å². The molecule has 0 saturated heterocycles. The molecule has 0 spiro atoms. The second-order valence-electron chi connectivity index (χ2n) is 3.64. The van der Waals surface area contributed by atoms with E-state index in [2.05, 4.69) is 15.4 Å². The van der Waals surface area contributed by atoms with Crippen LogP contribution in [0.1, 0.15) is 5.56 Å². The predicted molar refractivity (Wildman–Crippen MR) is 64.1 cm³/mol. The number of hydrogen-bond acceptors (Lipinski definition) is 4. The zero-order valence-electron chi connectivity index (χ0n) is 9.22. The largest absolute Gasteiger partial charge is 0.382 e. The van der Waals surface area contributed by atoms with E-state index >= 15 is 0 Å². The SMILES string of the molecule is Cc1cnn(CCNc2cccnc2N)c1. The van der Waals surface area contributed by atoms with Gasteiger partial charge in [-0.3, -0.25) is 4.68 Å². The molecule has 2 aromatic rings. The quantitative estimate of drug-likeness (QED) is 0.809. The minimum atomic E-state index is 0.527. The molecule has 0 radical (unpaired) electrons. The fraction of sp³-hybridized carbons (Fsp3) is 0.273. The lowest BCUT2D eigenvalue weighted by molar-refractivity contribution is 0.637. The van der Waals surface area contributed by atoms with Crippen LogP contribution in [-0.4, -0.2) is 21.3 Å². The van der Waals surface area contributed by atoms with Gasteiger partial charge in [0.05, 0.1) is 18.4 Å². The third-order valence-corrected chi connectivity index (χ3v) is 2.26. The number of aromatic nitrogens is 3. The molecule has 0 amide bonds. The van der Waals surface area contributed by atoms with Crippen LogP contribution in [0.5, 0.6) is 0 Å². The number of pyridine rings is 1. The molecule has 5 heteroatoms. The van der Waals surface area contributed by atoms with Crippen LogP contribution in [0.15, 0.2) is 30.7 Å². The van der Waals surface area contributed by atoms with Crippen LogP contribution < -0.4 is 11.1 Å². The fourth-order valence-electron chi connectivity index (χ4n) is 1.46. The Bertz CT molecular complexity index is 463. The highest BCUT2D eigenvalue weighted by Gasteiger charge is 1.98. The summed E-state index contributed by atoms with van der Waals surface area (Å²) in [6.07, 6.45) is 5.53. The Morgan fingerprint density at radius 2 is 2.38 bits per heavy atom. The van der Waals surface area contributed by atoms with Gasteiger partial charge < -0.3 is 11.1 Å². The zero-order valence-corrected chi connectivity index (χ0v) is 9.22. The normalized spacial score (nSPS) is 10.3. The van der Waals surface area contributed by atoms with Crippen LogP contribution in [0, 0.1) is 6.92 Å². The molecule has 0 aliphatic carbocycles. The van der Waals surface area contributed by atoms with Crippen LogP contribution in [0.3, 0.4) is 0 Å². The molecule has 16 heavy (non-hydrogen) atoms. The molecule has 5 nitrogen and oxygen atoms in total. The standard InChI is InChI=1S/C11H15N5/c1-9-7-15-16(8-9)6-5-13-10-3-2-4-14-11(10)12/h2-4,7-8,13H,5-6H2,1H3,(H2,12,14). The maximum Gasteiger partial charge on any atom is 0.146 e. The number of nitrogens with one attached hydrogen (secondary N) is 1. The zero-order chi connectivity index (χ0) is 11.4. The molecule has 0 aliphatic rings. The summed E-state index contributed by atoms with van der Waals surface area (Å²) in [6.45, 7) is 3.61. The van der Waals surface area contributed by atoms with Gasteiger partial charge in [-0.2, -0.15) is 5.10 Å². The maximum absolute atomic E-state index is 5.71. The van der Waals surface area contributed by atoms with E-state index in [1.165, 1.54) is 5.56 Å². The number of anilines is 2. The number of nitrogens with two attached hydrogens (primary N) is 1. The molecule has 2 rings (SSSR count). The highest BCUT2D eigenvalue weighted by Crippen LogP contribution is 2.12. The molecule has 0 saturated carbocycles. The molecule has 0 aromatic carbocycles. The van der Waals surface area contributed by atoms with Crippen molar-refractivity contribution in [2.24, 2.45) is 0 Å². The second-order valence-corrected chi connectivity index (χ2v) is 3.64. The van der Waals surface area contributed by atoms with Gasteiger partial charge in [-0.05, 0) is 24.6 Å². The summed E-state index contributed by atoms with van der Waals surface area (Å²) in [5, 5.41) is 7.42. The Labute approximate surface area is 94.3 Å². The van der Waals surface area contributed by atoms with E-state index in [1.807, 2.05) is 36.1 Å². The number of hydrogen-bond donors (Lipinski definition) is 2. The third kappa shape index (κ3) is 2.50. The van der Waals surface area contributed by atoms with Gasteiger partial charge in [0, 0.05) is 18.9 Å². The lowest BCUT2D eigenvalue weighted by Gasteiger charge is -2.07. The summed E-state index contributed by atoms with van der Waals surface area (Å²) in [5.74, 6) is 0.527. The number of rotatable bonds is 4. The minimum Gasteiger partial charge on any atom is -0.382 e. The van der Waals surface area contributed by atoms with E-state index in [4.69, 9.17) is 5.73 Å². The summed E-state index contributed by atoms with van der Waals surface area (Å²) in [7, 11) is 0. The van der Waals surface area contributed by atoms with Crippen molar-refractivity contribution in [3.63, 3.8) is 0 Å². The topological polar surface area (TPSA) is 68.8 Å². The first-order valence-electron chi connectivity index (χ1n) is 5.19. The first-order valence-corrected chi connectivity index (χ1v) is 5.19. The van der Waals surface area contributed by atoms with Crippen LogP contribution in [0.2, 0.25) is 0 Å². The Morgan fingerprint density at radius 1 is 1.50 bits per heavy atom. The van der Waals surface area contributed by atoms with E-state index in [9.17, 15) is 0 Å². The lowest BCUT2D eigenvalue weighted by atomic mass is 10.4. The Balaban J connectivity index is 1.87. The van der Waals surface area contributed by atoms with Crippen LogP contribution in [-0.2, 0) is 6.54 Å². The van der Waals surface area contributed by atoms with E-state index in [0.29, 0.717) is 5.82 Å². The predicted octanol–water partition coefficient (Wildman–Crippen LogP) is 1.28. The number of aryl methyl sites for hydroxylation is 1. The summed E-state index contributed by atoms with van der Waals surface area (Å²) in [4.78, 5) is 4.00. The number of nitrogen functional groups attached to an aromatic ring is 1. The highest BCUT2D eigenvalue weighted by atomic mass is 15.3. The summed E-state index contributed by atoms with van der Waals surface area (Å²) in [6, 6.07) is 3.77. The molecule has 3 N–H and O–H groups in total. The summed E-state index contributed by atoms with van der Waals surface area (Å²) in [5.41, 5.74) is 7.74. The first kappa shape index (κ1) is 10.5. The monoisotopic (exact) mass is 217 g/mol. The average molecular weight is 217 g/mol. The van der Waals surface area contributed by atoms with E-state index in [-0.39, 0.29) is 0 Å². The third-order valence-electron chi connectivity index (χ3n) is 2.26. The Hall–Kier alpha value is -2.04. The van der Waals surface area contributed by atoms with Gasteiger partial charge in [0.25, 0.3) is 0 Å². The van der Waals surface area contributed by atoms with E-state index in [1.54, 1.807) is 6.20 Å². The average Bonchev–Trinajstić information content (AvgIpc) is 2.67. The van der Waals surface area contributed by atoms with Crippen molar-refractivity contribution in [1.82, 2.24) is 14.8 Å². The maximum atomic E-state index is 5.71. The molecular formula is C11H15N5. The molecule has 2 heterocycles. The summed E-state index contributed by atoms with van der Waals surface area (Å²) >= 11 is 0. The smallest absolute Gasteiger partial charge is 0.146 e. The number of nitrogens with zero attached hydrogens (tertiary/aromatic N) is 3. The summed E-state index contributed by atoms with van der Waals surface area (Å²) < 4.78 is 1.90. The van der Waals surface area contributed by atoms with Gasteiger partial charge in [0.1, 0.15) is 5.82 Å². The van der Waals surface area contributed by atoms with E-state index < -0.39 is 0 Å². The van der Waals surface area contributed by atoms with Crippen molar-refractivity contribution in [2.45, 2.75) is 13.5 Å². The molecule has 0 fully saturated rings. The highest BCUT2D eigenvalue weighted by molar-refractivity contribution is 5.60. The minimum absolute atomic E-state index is 0.527. The first-order chi connectivity index (χ1) is 7.75.